The Kier molecular flexibility index (Phi) is 3.22. The highest BCUT2D eigenvalue weighted by Crippen LogP contribution is 2.33. The summed E-state index contributed by atoms with van der Waals surface area (Å²) < 4.78 is 89.8. The van der Waals surface area contributed by atoms with Crippen LogP contribution in [-0.2, 0) is 0 Å². The van der Waals surface area contributed by atoms with Crippen molar-refractivity contribution in [3.63, 3.8) is 0 Å². The van der Waals surface area contributed by atoms with Gasteiger partial charge in [0.05, 0.1) is 0 Å². The van der Waals surface area contributed by atoms with Crippen molar-refractivity contribution in [3.05, 3.63) is 29.1 Å². The Bertz CT molecular complexity index is 399. The average molecular weight is 269 g/mol. The van der Waals surface area contributed by atoms with Crippen molar-refractivity contribution in [2.75, 3.05) is 0 Å². The van der Waals surface area contributed by atoms with Crippen molar-refractivity contribution in [1.82, 2.24) is 0 Å². The third-order valence-corrected chi connectivity index (χ3v) is 1.46. The zero-order valence-corrected chi connectivity index (χ0v) is 7.69. The number of hydrogen-bond donors (Lipinski definition) is 0. The molecule has 0 bridgehead atoms. The monoisotopic (exact) mass is 268 g/mol. The van der Waals surface area contributed by atoms with Crippen LogP contribution in [0.2, 0.25) is 0 Å². The lowest BCUT2D eigenvalue weighted by molar-refractivity contribution is -0.101. The van der Waals surface area contributed by atoms with E-state index >= 15 is 0 Å². The molecular formula is C7ClF7O. The minimum absolute atomic E-state index is 2.14. The van der Waals surface area contributed by atoms with Crippen LogP contribution in [0.15, 0.2) is 0 Å². The molecule has 0 aliphatic carbocycles. The second-order valence-electron chi connectivity index (χ2n) is 2.45. The fraction of sp³-hybridized carbons (Fsp3) is 0.143. The highest BCUT2D eigenvalue weighted by atomic mass is 35.5. The zero-order chi connectivity index (χ0) is 12.7. The van der Waals surface area contributed by atoms with E-state index in [-0.39, 0.29) is 0 Å². The second-order valence-corrected chi connectivity index (χ2v) is 2.89. The molecule has 0 aromatic heterocycles. The summed E-state index contributed by atoms with van der Waals surface area (Å²) in [6.07, 6.45) is 0. The van der Waals surface area contributed by atoms with Gasteiger partial charge in [-0.05, 0) is 0 Å². The Balaban J connectivity index is 3.40. The molecule has 0 N–H and O–H groups in total. The van der Waals surface area contributed by atoms with Crippen molar-refractivity contribution in [2.24, 2.45) is 0 Å². The van der Waals surface area contributed by atoms with E-state index in [1.807, 2.05) is 0 Å². The maximum absolute atomic E-state index is 12.7. The van der Waals surface area contributed by atoms with Gasteiger partial charge in [0.15, 0.2) is 0 Å². The summed E-state index contributed by atoms with van der Waals surface area (Å²) in [7, 11) is 0. The Labute approximate surface area is 88.4 Å². The number of halogens is 8. The predicted molar refractivity (Wildman–Crippen MR) is 37.7 cm³/mol. The lowest BCUT2D eigenvalue weighted by atomic mass is 10.3. The average Bonchev–Trinajstić information content (AvgIpc) is 2.17. The van der Waals surface area contributed by atoms with E-state index < -0.39 is 40.4 Å². The molecule has 0 amide bonds. The fourth-order valence-corrected chi connectivity index (χ4v) is 0.867. The van der Waals surface area contributed by atoms with Gasteiger partial charge >= 0.3 is 5.57 Å². The van der Waals surface area contributed by atoms with Crippen LogP contribution in [0.5, 0.6) is 5.75 Å². The summed E-state index contributed by atoms with van der Waals surface area (Å²) in [5.74, 6) is -14.5. The largest absolute Gasteiger partial charge is 0.487 e. The smallest absolute Gasteiger partial charge is 0.413 e. The first-order valence-electron chi connectivity index (χ1n) is 3.42. The Morgan fingerprint density at radius 3 is 1.38 bits per heavy atom. The van der Waals surface area contributed by atoms with E-state index in [0.717, 1.165) is 0 Å². The van der Waals surface area contributed by atoms with Crippen molar-refractivity contribution < 1.29 is 35.5 Å². The van der Waals surface area contributed by atoms with E-state index in [1.54, 1.807) is 0 Å². The molecule has 1 aromatic rings. The maximum atomic E-state index is 12.7. The van der Waals surface area contributed by atoms with Crippen molar-refractivity contribution >= 4 is 11.6 Å². The molecule has 0 spiro atoms. The van der Waals surface area contributed by atoms with Gasteiger partial charge in [-0.15, -0.1) is 8.78 Å². The Morgan fingerprint density at radius 2 is 1.06 bits per heavy atom. The third-order valence-electron chi connectivity index (χ3n) is 1.39. The molecule has 1 rings (SSSR count). The molecule has 0 aliphatic heterocycles. The Morgan fingerprint density at radius 1 is 0.750 bits per heavy atom. The summed E-state index contributed by atoms with van der Waals surface area (Å²) in [4.78, 5) is 0. The van der Waals surface area contributed by atoms with Gasteiger partial charge in [-0.1, -0.05) is 0 Å². The highest BCUT2D eigenvalue weighted by Gasteiger charge is 2.35. The first kappa shape index (κ1) is 12.9. The number of alkyl halides is 3. The second kappa shape index (κ2) is 4.00. The standard InChI is InChI=1S/C7ClF7O/c8-7(14,15)16-6-4(12)2(10)1(9)3(11)5(6)13. The van der Waals surface area contributed by atoms with Gasteiger partial charge in [0.2, 0.25) is 34.8 Å². The number of benzene rings is 1. The summed E-state index contributed by atoms with van der Waals surface area (Å²) in [5, 5.41) is 0. The minimum Gasteiger partial charge on any atom is -0.413 e. The van der Waals surface area contributed by atoms with Crippen LogP contribution in [0.25, 0.3) is 0 Å². The first-order valence-corrected chi connectivity index (χ1v) is 3.80. The van der Waals surface area contributed by atoms with E-state index in [4.69, 9.17) is 0 Å². The van der Waals surface area contributed by atoms with Crippen LogP contribution in [-0.4, -0.2) is 5.57 Å². The number of rotatable bonds is 2. The van der Waals surface area contributed by atoms with Gasteiger partial charge in [-0.3, -0.25) is 0 Å². The van der Waals surface area contributed by atoms with Gasteiger partial charge in [-0.2, -0.15) is 8.78 Å². The number of ether oxygens (including phenoxy) is 1. The topological polar surface area (TPSA) is 9.23 Å². The minimum atomic E-state index is -4.60. The van der Waals surface area contributed by atoms with E-state index in [0.29, 0.717) is 0 Å². The molecule has 0 radical (unpaired) electrons. The normalized spacial score (nSPS) is 11.8. The lowest BCUT2D eigenvalue weighted by Gasteiger charge is -2.12. The van der Waals surface area contributed by atoms with Crippen LogP contribution in [0.4, 0.5) is 30.7 Å². The van der Waals surface area contributed by atoms with E-state index in [1.165, 1.54) is 0 Å². The van der Waals surface area contributed by atoms with Gasteiger partial charge in [0, 0.05) is 11.6 Å². The molecule has 0 atom stereocenters. The molecule has 0 aliphatic rings. The summed E-state index contributed by atoms with van der Waals surface area (Å²) >= 11 is 4.13. The Hall–Kier alpha value is -1.18. The molecule has 0 heterocycles. The maximum Gasteiger partial charge on any atom is 0.487 e. The van der Waals surface area contributed by atoms with Gasteiger partial charge < -0.3 is 4.74 Å². The van der Waals surface area contributed by atoms with Crippen molar-refractivity contribution in [3.8, 4) is 5.75 Å². The molecule has 1 aromatic carbocycles. The molecule has 0 saturated heterocycles. The molecule has 0 unspecified atom stereocenters. The van der Waals surface area contributed by atoms with Crippen LogP contribution in [0, 0.1) is 29.1 Å². The molecule has 16 heavy (non-hydrogen) atoms. The molecule has 0 fully saturated rings. The highest BCUT2D eigenvalue weighted by molar-refractivity contribution is 6.20. The zero-order valence-electron chi connectivity index (χ0n) is 6.93. The predicted octanol–water partition coefficient (Wildman–Crippen LogP) is 3.55. The quantitative estimate of drug-likeness (QED) is 0.345. The molecule has 1 nitrogen and oxygen atoms in total. The van der Waals surface area contributed by atoms with Crippen molar-refractivity contribution in [2.45, 2.75) is 5.57 Å². The molecule has 90 valence electrons. The summed E-state index contributed by atoms with van der Waals surface area (Å²) in [6.45, 7) is 0. The third kappa shape index (κ3) is 2.31. The van der Waals surface area contributed by atoms with Crippen LogP contribution in [0.3, 0.4) is 0 Å². The van der Waals surface area contributed by atoms with Gasteiger partial charge in [0.25, 0.3) is 0 Å². The van der Waals surface area contributed by atoms with Gasteiger partial charge in [0.1, 0.15) is 0 Å². The fourth-order valence-electron chi connectivity index (χ4n) is 0.790. The SMILES string of the molecule is Fc1c(F)c(F)c(OC(F)(F)Cl)c(F)c1F. The molecular weight excluding hydrogens is 269 g/mol. The lowest BCUT2D eigenvalue weighted by Crippen LogP contribution is -2.19. The molecule has 0 saturated carbocycles. The number of hydrogen-bond acceptors (Lipinski definition) is 1. The van der Waals surface area contributed by atoms with Gasteiger partial charge in [-0.25, -0.2) is 13.2 Å². The molecule has 9 heteroatoms. The van der Waals surface area contributed by atoms with E-state index in [2.05, 4.69) is 16.3 Å². The van der Waals surface area contributed by atoms with Crippen LogP contribution in [0.1, 0.15) is 0 Å². The first-order chi connectivity index (χ1) is 7.15. The summed E-state index contributed by atoms with van der Waals surface area (Å²) in [5.41, 5.74) is -4.60. The van der Waals surface area contributed by atoms with E-state index in [9.17, 15) is 30.7 Å². The summed E-state index contributed by atoms with van der Waals surface area (Å²) in [6, 6.07) is 0. The van der Waals surface area contributed by atoms with Crippen LogP contribution >= 0.6 is 11.6 Å². The van der Waals surface area contributed by atoms with Crippen LogP contribution < -0.4 is 4.74 Å². The van der Waals surface area contributed by atoms with Crippen molar-refractivity contribution in [1.29, 1.82) is 0 Å².